The van der Waals surface area contributed by atoms with Crippen LogP contribution in [0.1, 0.15) is 12.5 Å². The number of carbonyl (C=O) groups is 2. The molecule has 0 aliphatic carbocycles. The van der Waals surface area contributed by atoms with Crippen LogP contribution in [0.5, 0.6) is 11.5 Å². The lowest BCUT2D eigenvalue weighted by Gasteiger charge is -2.46. The number of methoxy groups -OCH3 is 2. The Balaban J connectivity index is 2.03. The third-order valence-corrected chi connectivity index (χ3v) is 6.58. The maximum absolute atomic E-state index is 13.4. The molecule has 1 heterocycles. The number of anilines is 1. The summed E-state index contributed by atoms with van der Waals surface area (Å²) in [6.45, 7) is 1.21. The predicted octanol–water partition coefficient (Wildman–Crippen LogP) is 1.39. The molecule has 2 amide bonds. The normalized spacial score (nSPS) is 19.5. The number of hydrogen-bond acceptors (Lipinski definition) is 6. The summed E-state index contributed by atoms with van der Waals surface area (Å²) in [4.78, 5) is 27.9. The van der Waals surface area contributed by atoms with Gasteiger partial charge in [0.2, 0.25) is 21.8 Å². The number of carbonyl (C=O) groups excluding carboxylic acids is 2. The van der Waals surface area contributed by atoms with Crippen LogP contribution in [-0.2, 0) is 26.2 Å². The molecular weight excluding hydrogens is 434 g/mol. The zero-order chi connectivity index (χ0) is 23.5. The van der Waals surface area contributed by atoms with Gasteiger partial charge in [-0.25, -0.2) is 8.42 Å². The molecule has 32 heavy (non-hydrogen) atoms. The molecule has 1 saturated heterocycles. The molecule has 1 fully saturated rings. The third kappa shape index (κ3) is 4.86. The van der Waals surface area contributed by atoms with Gasteiger partial charge in [0.15, 0.2) is 0 Å². The maximum atomic E-state index is 13.4. The van der Waals surface area contributed by atoms with Gasteiger partial charge in [-0.3, -0.25) is 14.5 Å². The van der Waals surface area contributed by atoms with Crippen molar-refractivity contribution in [3.8, 4) is 11.5 Å². The predicted molar refractivity (Wildman–Crippen MR) is 120 cm³/mol. The van der Waals surface area contributed by atoms with Crippen LogP contribution in [0.25, 0.3) is 0 Å². The molecule has 0 aromatic heterocycles. The monoisotopic (exact) mass is 461 g/mol. The molecule has 1 N–H and O–H groups in total. The lowest BCUT2D eigenvalue weighted by Crippen LogP contribution is -2.70. The summed E-state index contributed by atoms with van der Waals surface area (Å²) in [5.41, 5.74) is -0.261. The van der Waals surface area contributed by atoms with Crippen LogP contribution in [0, 0.1) is 0 Å². The Bertz CT molecular complexity index is 1080. The molecule has 1 aliphatic heterocycles. The smallest absolute Gasteiger partial charge is 0.247 e. The lowest BCUT2D eigenvalue weighted by atomic mass is 9.94. The minimum Gasteiger partial charge on any atom is -0.497 e. The summed E-state index contributed by atoms with van der Waals surface area (Å²) < 4.78 is 36.1. The van der Waals surface area contributed by atoms with Gasteiger partial charge in [0.05, 0.1) is 32.7 Å². The van der Waals surface area contributed by atoms with Gasteiger partial charge in [-0.2, -0.15) is 4.31 Å². The molecule has 1 aliphatic rings. The van der Waals surface area contributed by atoms with E-state index in [9.17, 15) is 18.0 Å². The van der Waals surface area contributed by atoms with Crippen molar-refractivity contribution in [2.75, 3.05) is 38.5 Å². The molecule has 3 rings (SSSR count). The Hall–Kier alpha value is -3.11. The van der Waals surface area contributed by atoms with E-state index in [0.717, 1.165) is 16.1 Å². The van der Waals surface area contributed by atoms with Crippen LogP contribution >= 0.6 is 0 Å². The molecule has 0 saturated carbocycles. The minimum absolute atomic E-state index is 0.197. The molecule has 0 bridgehead atoms. The van der Waals surface area contributed by atoms with E-state index in [-0.39, 0.29) is 19.6 Å². The number of ether oxygens (including phenoxy) is 2. The molecule has 2 aromatic carbocycles. The Morgan fingerprint density at radius 2 is 1.69 bits per heavy atom. The molecule has 0 spiro atoms. The van der Waals surface area contributed by atoms with E-state index in [4.69, 9.17) is 9.47 Å². The first kappa shape index (κ1) is 23.6. The third-order valence-electron chi connectivity index (χ3n) is 5.39. The second-order valence-corrected chi connectivity index (χ2v) is 9.76. The second kappa shape index (κ2) is 9.17. The van der Waals surface area contributed by atoms with Gasteiger partial charge in [0.25, 0.3) is 0 Å². The Kier molecular flexibility index (Phi) is 6.75. The molecule has 172 valence electrons. The van der Waals surface area contributed by atoms with Crippen molar-refractivity contribution in [2.24, 2.45) is 0 Å². The number of amides is 2. The fraction of sp³-hybridized carbons (Fsp3) is 0.364. The van der Waals surface area contributed by atoms with Gasteiger partial charge in [-0.05, 0) is 12.5 Å². The van der Waals surface area contributed by atoms with Crippen molar-refractivity contribution in [3.63, 3.8) is 0 Å². The van der Waals surface area contributed by atoms with Gasteiger partial charge in [0.1, 0.15) is 17.0 Å². The van der Waals surface area contributed by atoms with Gasteiger partial charge in [-0.15, -0.1) is 0 Å². The maximum Gasteiger partial charge on any atom is 0.247 e. The lowest BCUT2D eigenvalue weighted by molar-refractivity contribution is -0.133. The van der Waals surface area contributed by atoms with Crippen LogP contribution in [0.3, 0.4) is 0 Å². The van der Waals surface area contributed by atoms with Crippen molar-refractivity contribution >= 4 is 27.5 Å². The van der Waals surface area contributed by atoms with E-state index >= 15 is 0 Å². The van der Waals surface area contributed by atoms with Gasteiger partial charge in [-0.1, -0.05) is 30.3 Å². The number of rotatable bonds is 7. The highest BCUT2D eigenvalue weighted by atomic mass is 32.2. The summed E-state index contributed by atoms with van der Waals surface area (Å²) in [5.74, 6) is -0.145. The van der Waals surface area contributed by atoms with E-state index < -0.39 is 27.4 Å². The topological polar surface area (TPSA) is 105 Å². The molecule has 0 unspecified atom stereocenters. The average molecular weight is 462 g/mol. The Morgan fingerprint density at radius 3 is 2.22 bits per heavy atom. The first-order valence-corrected chi connectivity index (χ1v) is 11.8. The summed E-state index contributed by atoms with van der Waals surface area (Å²) in [6.07, 6.45) is 1.02. The molecular formula is C22H27N3O6S. The summed E-state index contributed by atoms with van der Waals surface area (Å²) in [6, 6.07) is 14.2. The SMILES string of the molecule is COc1cc(OC)cc(N2C(=O)CN(S(C)(=O)=O)C[C@]2(C)C(=O)NCc2ccccc2)c1. The number of nitrogens with zero attached hydrogens (tertiary/aromatic N) is 2. The van der Waals surface area contributed by atoms with E-state index in [1.807, 2.05) is 30.3 Å². The summed E-state index contributed by atoms with van der Waals surface area (Å²) >= 11 is 0. The van der Waals surface area contributed by atoms with Crippen molar-refractivity contribution in [1.82, 2.24) is 9.62 Å². The molecule has 10 heteroatoms. The molecule has 1 atom stereocenters. The van der Waals surface area contributed by atoms with E-state index in [0.29, 0.717) is 17.2 Å². The van der Waals surface area contributed by atoms with E-state index in [1.165, 1.54) is 19.1 Å². The van der Waals surface area contributed by atoms with Crippen molar-refractivity contribution < 1.29 is 27.5 Å². The number of hydrogen-bond donors (Lipinski definition) is 1. The minimum atomic E-state index is -3.71. The van der Waals surface area contributed by atoms with Gasteiger partial charge in [0, 0.05) is 31.3 Å². The largest absolute Gasteiger partial charge is 0.497 e. The molecule has 2 aromatic rings. The zero-order valence-corrected chi connectivity index (χ0v) is 19.3. The van der Waals surface area contributed by atoms with Crippen LogP contribution in [0.2, 0.25) is 0 Å². The number of benzene rings is 2. The highest BCUT2D eigenvalue weighted by Crippen LogP contribution is 2.35. The summed E-state index contributed by atoms with van der Waals surface area (Å²) in [5, 5.41) is 2.84. The van der Waals surface area contributed by atoms with Crippen molar-refractivity contribution in [2.45, 2.75) is 19.0 Å². The highest BCUT2D eigenvalue weighted by Gasteiger charge is 2.50. The van der Waals surface area contributed by atoms with Crippen LogP contribution in [0.15, 0.2) is 48.5 Å². The zero-order valence-electron chi connectivity index (χ0n) is 18.5. The Morgan fingerprint density at radius 1 is 1.09 bits per heavy atom. The summed E-state index contributed by atoms with van der Waals surface area (Å²) in [7, 11) is -0.745. The van der Waals surface area contributed by atoms with Crippen LogP contribution in [0.4, 0.5) is 5.69 Å². The second-order valence-electron chi connectivity index (χ2n) is 7.77. The fourth-order valence-electron chi connectivity index (χ4n) is 3.69. The highest BCUT2D eigenvalue weighted by molar-refractivity contribution is 7.88. The van der Waals surface area contributed by atoms with Crippen LogP contribution < -0.4 is 19.7 Å². The molecule has 9 nitrogen and oxygen atoms in total. The number of piperazine rings is 1. The van der Waals surface area contributed by atoms with E-state index in [2.05, 4.69) is 5.32 Å². The van der Waals surface area contributed by atoms with Crippen LogP contribution in [-0.4, -0.2) is 63.6 Å². The number of sulfonamides is 1. The first-order chi connectivity index (χ1) is 15.1. The number of nitrogens with one attached hydrogen (secondary N) is 1. The quantitative estimate of drug-likeness (QED) is 0.668. The first-order valence-electron chi connectivity index (χ1n) is 9.92. The van der Waals surface area contributed by atoms with Crippen molar-refractivity contribution in [3.05, 3.63) is 54.1 Å². The van der Waals surface area contributed by atoms with E-state index in [1.54, 1.807) is 25.1 Å². The molecule has 0 radical (unpaired) electrons. The standard InChI is InChI=1S/C22H27N3O6S/c1-22(21(27)23-13-16-8-6-5-7-9-16)15-24(32(4,28)29)14-20(26)25(22)17-10-18(30-2)12-19(11-17)31-3/h5-12H,13-15H2,1-4H3,(H,23,27)/t22-/m1/s1. The fourth-order valence-corrected chi connectivity index (χ4v) is 4.52. The Labute approximate surface area is 188 Å². The van der Waals surface area contributed by atoms with Gasteiger partial charge < -0.3 is 14.8 Å². The van der Waals surface area contributed by atoms with Gasteiger partial charge >= 0.3 is 0 Å². The van der Waals surface area contributed by atoms with Crippen molar-refractivity contribution in [1.29, 1.82) is 0 Å². The average Bonchev–Trinajstić information content (AvgIpc) is 2.76.